The Morgan fingerprint density at radius 1 is 1.00 bits per heavy atom. The number of hydrogen-bond acceptors (Lipinski definition) is 6. The van der Waals surface area contributed by atoms with E-state index in [0.29, 0.717) is 55.8 Å². The second-order valence-corrected chi connectivity index (χ2v) is 9.39. The number of benzene rings is 2. The molecule has 0 unspecified atom stereocenters. The molecule has 1 N–H and O–H groups in total. The summed E-state index contributed by atoms with van der Waals surface area (Å²) in [6.07, 6.45) is 0. The minimum Gasteiger partial charge on any atom is -0.497 e. The van der Waals surface area contributed by atoms with Gasteiger partial charge in [-0.1, -0.05) is 11.6 Å². The van der Waals surface area contributed by atoms with Crippen LogP contribution < -0.4 is 14.8 Å². The van der Waals surface area contributed by atoms with Crippen molar-refractivity contribution in [1.82, 2.24) is 14.5 Å². The number of amides is 1. The molecule has 0 saturated carbocycles. The van der Waals surface area contributed by atoms with Gasteiger partial charge in [0.25, 0.3) is 5.91 Å². The molecule has 2 aromatic rings. The van der Waals surface area contributed by atoms with E-state index in [-0.39, 0.29) is 29.8 Å². The molecular weight excluding hydrogens is 477 g/mol. The Bertz CT molecular complexity index is 964. The lowest BCUT2D eigenvalue weighted by Gasteiger charge is -2.34. The number of sulfonamides is 1. The number of carbonyl (C=O) groups excluding carboxylic acids is 1. The van der Waals surface area contributed by atoms with Gasteiger partial charge in [0.2, 0.25) is 10.0 Å². The Balaban J connectivity index is 0.00000363. The fraction of sp³-hybridized carbons (Fsp3) is 0.381. The van der Waals surface area contributed by atoms with Crippen LogP contribution in [0.1, 0.15) is 0 Å². The van der Waals surface area contributed by atoms with Gasteiger partial charge in [-0.05, 0) is 48.5 Å². The summed E-state index contributed by atoms with van der Waals surface area (Å²) in [5.74, 6) is 0.980. The van der Waals surface area contributed by atoms with Crippen LogP contribution in [0.4, 0.5) is 0 Å². The molecule has 1 saturated heterocycles. The first kappa shape index (κ1) is 26.2. The van der Waals surface area contributed by atoms with Crippen molar-refractivity contribution in [3.63, 3.8) is 0 Å². The van der Waals surface area contributed by atoms with Crippen molar-refractivity contribution >= 4 is 39.9 Å². The van der Waals surface area contributed by atoms with E-state index in [2.05, 4.69) is 10.2 Å². The van der Waals surface area contributed by atoms with Crippen LogP contribution in [0.2, 0.25) is 5.02 Å². The van der Waals surface area contributed by atoms with Gasteiger partial charge >= 0.3 is 0 Å². The summed E-state index contributed by atoms with van der Waals surface area (Å²) >= 11 is 5.81. The molecule has 0 spiro atoms. The number of nitrogens with zero attached hydrogens (tertiary/aromatic N) is 2. The SMILES string of the molecule is COc1ccc(S(=O)(=O)N2CCN(CCNC(=O)COc3ccc(Cl)cc3)CC2)cc1.Cl. The predicted molar refractivity (Wildman–Crippen MR) is 125 cm³/mol. The van der Waals surface area contributed by atoms with Gasteiger partial charge in [-0.3, -0.25) is 9.69 Å². The van der Waals surface area contributed by atoms with Gasteiger partial charge in [-0.15, -0.1) is 12.4 Å². The first-order chi connectivity index (χ1) is 14.9. The molecule has 0 bridgehead atoms. The molecule has 32 heavy (non-hydrogen) atoms. The highest BCUT2D eigenvalue weighted by molar-refractivity contribution is 7.89. The van der Waals surface area contributed by atoms with E-state index in [1.807, 2.05) is 0 Å². The summed E-state index contributed by atoms with van der Waals surface area (Å²) < 4.78 is 37.6. The number of piperazine rings is 1. The lowest BCUT2D eigenvalue weighted by Crippen LogP contribution is -2.50. The van der Waals surface area contributed by atoms with E-state index in [1.54, 1.807) is 48.5 Å². The topological polar surface area (TPSA) is 88.2 Å². The van der Waals surface area contributed by atoms with E-state index in [9.17, 15) is 13.2 Å². The lowest BCUT2D eigenvalue weighted by molar-refractivity contribution is -0.123. The third-order valence-electron chi connectivity index (χ3n) is 4.96. The standard InChI is InChI=1S/C21H26ClN3O5S.ClH/c1-29-18-6-8-20(9-7-18)31(27,28)25-14-12-24(13-15-25)11-10-23-21(26)16-30-19-4-2-17(22)3-5-19;/h2-9H,10-16H2,1H3,(H,23,26);1H. The Morgan fingerprint density at radius 2 is 1.59 bits per heavy atom. The largest absolute Gasteiger partial charge is 0.497 e. The van der Waals surface area contributed by atoms with Crippen molar-refractivity contribution in [1.29, 1.82) is 0 Å². The fourth-order valence-corrected chi connectivity index (χ4v) is 4.72. The van der Waals surface area contributed by atoms with Crippen molar-refractivity contribution < 1.29 is 22.7 Å². The van der Waals surface area contributed by atoms with Crippen molar-refractivity contribution in [3.05, 3.63) is 53.6 Å². The Labute approximate surface area is 199 Å². The zero-order chi connectivity index (χ0) is 22.3. The second-order valence-electron chi connectivity index (χ2n) is 7.01. The summed E-state index contributed by atoms with van der Waals surface area (Å²) in [4.78, 5) is 14.3. The van der Waals surface area contributed by atoms with Crippen molar-refractivity contribution in [2.24, 2.45) is 0 Å². The van der Waals surface area contributed by atoms with E-state index in [0.717, 1.165) is 0 Å². The van der Waals surface area contributed by atoms with E-state index < -0.39 is 10.0 Å². The molecule has 0 aliphatic carbocycles. The molecule has 0 radical (unpaired) electrons. The number of hydrogen-bond donors (Lipinski definition) is 1. The minimum absolute atomic E-state index is 0. The van der Waals surface area contributed by atoms with Crippen molar-refractivity contribution in [2.45, 2.75) is 4.90 Å². The van der Waals surface area contributed by atoms with Crippen LogP contribution in [0, 0.1) is 0 Å². The maximum atomic E-state index is 12.8. The molecule has 2 aromatic carbocycles. The normalized spacial score (nSPS) is 14.9. The molecule has 1 heterocycles. The van der Waals surface area contributed by atoms with Crippen LogP contribution in [0.5, 0.6) is 11.5 Å². The monoisotopic (exact) mass is 503 g/mol. The number of carbonyl (C=O) groups is 1. The van der Waals surface area contributed by atoms with Crippen LogP contribution in [0.15, 0.2) is 53.4 Å². The third-order valence-corrected chi connectivity index (χ3v) is 7.13. The number of methoxy groups -OCH3 is 1. The summed E-state index contributed by atoms with van der Waals surface area (Å²) in [7, 11) is -1.98. The Kier molecular flexibility index (Phi) is 10.0. The van der Waals surface area contributed by atoms with Crippen LogP contribution in [-0.4, -0.2) is 76.5 Å². The Hall–Kier alpha value is -2.04. The lowest BCUT2D eigenvalue weighted by atomic mass is 10.3. The highest BCUT2D eigenvalue weighted by atomic mass is 35.5. The highest BCUT2D eigenvalue weighted by Gasteiger charge is 2.28. The van der Waals surface area contributed by atoms with Crippen LogP contribution in [0.3, 0.4) is 0 Å². The molecule has 176 valence electrons. The molecule has 11 heteroatoms. The van der Waals surface area contributed by atoms with Gasteiger partial charge in [-0.2, -0.15) is 4.31 Å². The maximum absolute atomic E-state index is 12.8. The maximum Gasteiger partial charge on any atom is 0.257 e. The van der Waals surface area contributed by atoms with Gasteiger partial charge < -0.3 is 14.8 Å². The Morgan fingerprint density at radius 3 is 2.19 bits per heavy atom. The van der Waals surface area contributed by atoms with Crippen LogP contribution >= 0.6 is 24.0 Å². The summed E-state index contributed by atoms with van der Waals surface area (Å²) in [5.41, 5.74) is 0. The third kappa shape index (κ3) is 7.25. The number of rotatable bonds is 9. The summed E-state index contributed by atoms with van der Waals surface area (Å²) in [5, 5.41) is 3.42. The van der Waals surface area contributed by atoms with E-state index in [1.165, 1.54) is 11.4 Å². The average molecular weight is 504 g/mol. The molecule has 1 aliphatic heterocycles. The average Bonchev–Trinajstić information content (AvgIpc) is 2.79. The number of halogens is 2. The van der Waals surface area contributed by atoms with Crippen LogP contribution in [0.25, 0.3) is 0 Å². The van der Waals surface area contributed by atoms with Crippen LogP contribution in [-0.2, 0) is 14.8 Å². The molecule has 0 aromatic heterocycles. The van der Waals surface area contributed by atoms with Gasteiger partial charge in [0.1, 0.15) is 11.5 Å². The molecule has 1 aliphatic rings. The zero-order valence-corrected chi connectivity index (χ0v) is 20.1. The fourth-order valence-electron chi connectivity index (χ4n) is 3.17. The zero-order valence-electron chi connectivity index (χ0n) is 17.7. The number of ether oxygens (including phenoxy) is 2. The minimum atomic E-state index is -3.52. The molecular formula is C21H27Cl2N3O5S. The van der Waals surface area contributed by atoms with Gasteiger partial charge in [0.05, 0.1) is 12.0 Å². The van der Waals surface area contributed by atoms with Crippen molar-refractivity contribution in [2.75, 3.05) is 53.0 Å². The predicted octanol–water partition coefficient (Wildman–Crippen LogP) is 2.27. The second kappa shape index (κ2) is 12.3. The molecule has 8 nitrogen and oxygen atoms in total. The van der Waals surface area contributed by atoms with Gasteiger partial charge in [-0.25, -0.2) is 8.42 Å². The van der Waals surface area contributed by atoms with E-state index >= 15 is 0 Å². The quantitative estimate of drug-likeness (QED) is 0.564. The number of nitrogens with one attached hydrogen (secondary N) is 1. The molecule has 1 fully saturated rings. The smallest absolute Gasteiger partial charge is 0.257 e. The van der Waals surface area contributed by atoms with E-state index in [4.69, 9.17) is 21.1 Å². The molecule has 3 rings (SSSR count). The highest BCUT2D eigenvalue weighted by Crippen LogP contribution is 2.20. The van der Waals surface area contributed by atoms with Gasteiger partial charge in [0, 0.05) is 44.3 Å². The molecule has 0 atom stereocenters. The first-order valence-corrected chi connectivity index (χ1v) is 11.7. The first-order valence-electron chi connectivity index (χ1n) is 9.90. The van der Waals surface area contributed by atoms with Crippen molar-refractivity contribution in [3.8, 4) is 11.5 Å². The molecule has 1 amide bonds. The van der Waals surface area contributed by atoms with Gasteiger partial charge in [0.15, 0.2) is 6.61 Å². The summed E-state index contributed by atoms with van der Waals surface area (Å²) in [6.45, 7) is 3.05. The summed E-state index contributed by atoms with van der Waals surface area (Å²) in [6, 6.07) is 13.2.